The highest BCUT2D eigenvalue weighted by atomic mass is 19.1. The first-order valence-corrected chi connectivity index (χ1v) is 6.55. The molecule has 1 aromatic carbocycles. The molecule has 2 N–H and O–H groups in total. The quantitative estimate of drug-likeness (QED) is 0.884. The van der Waals surface area contributed by atoms with E-state index in [1.54, 1.807) is 0 Å². The number of hydrogen-bond acceptors (Lipinski definition) is 4. The number of hydrogen-bond donors (Lipinski definition) is 1. The van der Waals surface area contributed by atoms with Crippen molar-refractivity contribution < 1.29 is 13.3 Å². The van der Waals surface area contributed by atoms with Gasteiger partial charge in [-0.1, -0.05) is 5.16 Å². The second-order valence-electron chi connectivity index (χ2n) is 4.93. The van der Waals surface area contributed by atoms with E-state index in [9.17, 15) is 8.78 Å². The van der Waals surface area contributed by atoms with Crippen molar-refractivity contribution in [3.8, 4) is 0 Å². The van der Waals surface area contributed by atoms with Crippen molar-refractivity contribution in [2.75, 3.05) is 0 Å². The third-order valence-electron chi connectivity index (χ3n) is 2.84. The molecule has 4 nitrogen and oxygen atoms in total. The molecule has 2 rings (SSSR count). The topological polar surface area (TPSA) is 64.9 Å². The van der Waals surface area contributed by atoms with Crippen LogP contribution in [0.5, 0.6) is 0 Å². The summed E-state index contributed by atoms with van der Waals surface area (Å²) >= 11 is 0. The van der Waals surface area contributed by atoms with E-state index in [1.165, 1.54) is 12.1 Å². The van der Waals surface area contributed by atoms with Crippen molar-refractivity contribution in [3.05, 3.63) is 47.1 Å². The van der Waals surface area contributed by atoms with Gasteiger partial charge >= 0.3 is 0 Å². The van der Waals surface area contributed by atoms with E-state index in [2.05, 4.69) is 10.1 Å². The van der Waals surface area contributed by atoms with Gasteiger partial charge in [0, 0.05) is 24.9 Å². The van der Waals surface area contributed by atoms with Gasteiger partial charge in [0.05, 0.1) is 0 Å². The maximum absolute atomic E-state index is 13.1. The predicted molar refractivity (Wildman–Crippen MR) is 70.0 cm³/mol. The number of aromatic nitrogens is 2. The highest BCUT2D eigenvalue weighted by Crippen LogP contribution is 2.12. The van der Waals surface area contributed by atoms with E-state index in [0.717, 1.165) is 18.9 Å². The largest absolute Gasteiger partial charge is 0.339 e. The fraction of sp³-hybridized carbons (Fsp3) is 0.429. The van der Waals surface area contributed by atoms with Crippen LogP contribution in [0.4, 0.5) is 8.78 Å². The highest BCUT2D eigenvalue weighted by molar-refractivity contribution is 5.21. The van der Waals surface area contributed by atoms with E-state index in [0.29, 0.717) is 23.7 Å². The number of benzene rings is 1. The van der Waals surface area contributed by atoms with Crippen molar-refractivity contribution in [1.82, 2.24) is 10.1 Å². The first-order chi connectivity index (χ1) is 9.52. The summed E-state index contributed by atoms with van der Waals surface area (Å²) in [5.74, 6) is -0.273. The summed E-state index contributed by atoms with van der Waals surface area (Å²) in [5, 5.41) is 3.81. The van der Waals surface area contributed by atoms with E-state index in [4.69, 9.17) is 10.3 Å². The summed E-state index contributed by atoms with van der Waals surface area (Å²) in [4.78, 5) is 4.20. The summed E-state index contributed by atoms with van der Waals surface area (Å²) in [5.41, 5.74) is 6.13. The number of halogens is 2. The lowest BCUT2D eigenvalue weighted by atomic mass is 10.1. The van der Waals surface area contributed by atoms with Crippen molar-refractivity contribution >= 4 is 0 Å². The maximum atomic E-state index is 13.1. The Morgan fingerprint density at radius 1 is 1.25 bits per heavy atom. The third-order valence-corrected chi connectivity index (χ3v) is 2.84. The molecule has 0 amide bonds. The zero-order valence-corrected chi connectivity index (χ0v) is 11.3. The molecule has 0 aliphatic heterocycles. The van der Waals surface area contributed by atoms with Gasteiger partial charge in [-0.25, -0.2) is 8.78 Å². The Bertz CT molecular complexity index is 549. The zero-order valence-electron chi connectivity index (χ0n) is 11.3. The van der Waals surface area contributed by atoms with Crippen LogP contribution in [-0.2, 0) is 12.8 Å². The van der Waals surface area contributed by atoms with Crippen LogP contribution in [0, 0.1) is 11.6 Å². The monoisotopic (exact) mass is 281 g/mol. The van der Waals surface area contributed by atoms with Gasteiger partial charge in [-0.05, 0) is 37.5 Å². The Labute approximate surface area is 116 Å². The lowest BCUT2D eigenvalue weighted by molar-refractivity contribution is 0.368. The van der Waals surface area contributed by atoms with Gasteiger partial charge in [0.1, 0.15) is 11.6 Å². The van der Waals surface area contributed by atoms with Gasteiger partial charge in [0.25, 0.3) is 0 Å². The minimum Gasteiger partial charge on any atom is -0.339 e. The molecule has 1 unspecified atom stereocenters. The van der Waals surface area contributed by atoms with Crippen LogP contribution in [0.3, 0.4) is 0 Å². The van der Waals surface area contributed by atoms with Crippen LogP contribution in [0.2, 0.25) is 0 Å². The van der Waals surface area contributed by atoms with Crippen molar-refractivity contribution in [2.24, 2.45) is 5.73 Å². The summed E-state index contributed by atoms with van der Waals surface area (Å²) in [6, 6.07) is 3.50. The molecule has 0 saturated heterocycles. The number of rotatable bonds is 6. The fourth-order valence-corrected chi connectivity index (χ4v) is 1.93. The Morgan fingerprint density at radius 2 is 1.95 bits per heavy atom. The molecule has 1 aromatic heterocycles. The van der Waals surface area contributed by atoms with Crippen molar-refractivity contribution in [2.45, 2.75) is 38.6 Å². The van der Waals surface area contributed by atoms with Crippen LogP contribution in [0.25, 0.3) is 0 Å². The Balaban J connectivity index is 1.95. The lowest BCUT2D eigenvalue weighted by Crippen LogP contribution is -2.14. The second-order valence-corrected chi connectivity index (χ2v) is 4.93. The van der Waals surface area contributed by atoms with E-state index >= 15 is 0 Å². The summed E-state index contributed by atoms with van der Waals surface area (Å²) in [6.45, 7) is 1.94. The first-order valence-electron chi connectivity index (χ1n) is 6.55. The minimum atomic E-state index is -0.611. The first kappa shape index (κ1) is 14.6. The van der Waals surface area contributed by atoms with E-state index < -0.39 is 11.6 Å². The molecule has 0 aliphatic rings. The van der Waals surface area contributed by atoms with E-state index in [1.807, 2.05) is 6.92 Å². The van der Waals surface area contributed by atoms with Gasteiger partial charge in [-0.2, -0.15) is 4.98 Å². The fourth-order valence-electron chi connectivity index (χ4n) is 1.93. The average Bonchev–Trinajstić information content (AvgIpc) is 2.74. The molecule has 0 bridgehead atoms. The van der Waals surface area contributed by atoms with Crippen molar-refractivity contribution in [3.63, 3.8) is 0 Å². The summed E-state index contributed by atoms with van der Waals surface area (Å²) in [7, 11) is 0. The Kier molecular flexibility index (Phi) is 4.79. The molecule has 108 valence electrons. The van der Waals surface area contributed by atoms with E-state index in [-0.39, 0.29) is 12.5 Å². The predicted octanol–water partition coefficient (Wildman–Crippen LogP) is 2.61. The third kappa shape index (κ3) is 4.38. The van der Waals surface area contributed by atoms with Gasteiger partial charge in [0.15, 0.2) is 5.82 Å². The summed E-state index contributed by atoms with van der Waals surface area (Å²) in [6.07, 6.45) is 2.65. The molecule has 1 heterocycles. The zero-order chi connectivity index (χ0) is 14.5. The number of nitrogens with two attached hydrogens (primary N) is 1. The molecular formula is C14H17F2N3O. The number of nitrogens with zero attached hydrogens (tertiary/aromatic N) is 2. The average molecular weight is 281 g/mol. The SMILES string of the molecule is CC(N)CCCc1nc(Cc2cc(F)cc(F)c2)no1. The van der Waals surface area contributed by atoms with Crippen LogP contribution in [0.15, 0.2) is 22.7 Å². The Hall–Kier alpha value is -1.82. The smallest absolute Gasteiger partial charge is 0.226 e. The van der Waals surface area contributed by atoms with Crippen LogP contribution >= 0.6 is 0 Å². The molecule has 0 radical (unpaired) electrons. The molecule has 0 fully saturated rings. The van der Waals surface area contributed by atoms with Crippen LogP contribution in [0.1, 0.15) is 37.0 Å². The van der Waals surface area contributed by atoms with Gasteiger partial charge in [-0.15, -0.1) is 0 Å². The maximum Gasteiger partial charge on any atom is 0.226 e. The molecule has 0 saturated carbocycles. The highest BCUT2D eigenvalue weighted by Gasteiger charge is 2.09. The standard InChI is InChI=1S/C14H17F2N3O/c1-9(17)3-2-4-14-18-13(19-20-14)7-10-5-11(15)8-12(16)6-10/h5-6,8-9H,2-4,7,17H2,1H3. The molecule has 0 spiro atoms. The molecular weight excluding hydrogens is 264 g/mol. The molecule has 1 atom stereocenters. The van der Waals surface area contributed by atoms with Crippen molar-refractivity contribution in [1.29, 1.82) is 0 Å². The van der Waals surface area contributed by atoms with Gasteiger partial charge < -0.3 is 10.3 Å². The molecule has 20 heavy (non-hydrogen) atoms. The number of aryl methyl sites for hydroxylation is 1. The molecule has 0 aliphatic carbocycles. The normalized spacial score (nSPS) is 12.6. The van der Waals surface area contributed by atoms with Gasteiger partial charge in [0.2, 0.25) is 5.89 Å². The van der Waals surface area contributed by atoms with Crippen LogP contribution in [-0.4, -0.2) is 16.2 Å². The molecule has 2 aromatic rings. The Morgan fingerprint density at radius 3 is 2.60 bits per heavy atom. The second kappa shape index (κ2) is 6.56. The summed E-state index contributed by atoms with van der Waals surface area (Å²) < 4.78 is 31.2. The molecule has 6 heteroatoms. The van der Waals surface area contributed by atoms with Gasteiger partial charge in [-0.3, -0.25) is 0 Å². The minimum absolute atomic E-state index is 0.146. The lowest BCUT2D eigenvalue weighted by Gasteiger charge is -2.00. The van der Waals surface area contributed by atoms with Crippen LogP contribution < -0.4 is 5.73 Å².